The molecule has 52 valence electrons. The van der Waals surface area contributed by atoms with E-state index in [9.17, 15) is 4.79 Å². The molecule has 0 atom stereocenters. The topological polar surface area (TPSA) is 32.7 Å². The van der Waals surface area contributed by atoms with Gasteiger partial charge in [0.25, 0.3) is 0 Å². The molecule has 0 aliphatic carbocycles. The number of hydrazone groups is 1. The molecule has 3 nitrogen and oxygen atoms in total. The molecule has 10 heavy (non-hydrogen) atoms. The van der Waals surface area contributed by atoms with Crippen molar-refractivity contribution in [1.29, 1.82) is 0 Å². The number of hydrogen-bond acceptors (Lipinski definition) is 3. The van der Waals surface area contributed by atoms with Gasteiger partial charge in [0.15, 0.2) is 0 Å². The average molecular weight is 136 g/mol. The highest BCUT2D eigenvalue weighted by atomic mass is 16.1. The second-order valence-electron chi connectivity index (χ2n) is 1.78. The molecule has 0 spiro atoms. The third-order valence-corrected chi connectivity index (χ3v) is 1.04. The molecule has 0 amide bonds. The molecule has 1 heterocycles. The largest absolute Gasteiger partial charge is 0.301 e. The van der Waals surface area contributed by atoms with E-state index < -0.39 is 0 Å². The van der Waals surface area contributed by atoms with Gasteiger partial charge in [0.1, 0.15) is 6.29 Å². The summed E-state index contributed by atoms with van der Waals surface area (Å²) >= 11 is 0. The highest BCUT2D eigenvalue weighted by molar-refractivity contribution is 5.71. The first-order valence-corrected chi connectivity index (χ1v) is 3.01. The van der Waals surface area contributed by atoms with Crippen LogP contribution in [0.4, 0.5) is 0 Å². The Morgan fingerprint density at radius 2 is 2.30 bits per heavy atom. The molecule has 0 aromatic carbocycles. The van der Waals surface area contributed by atoms with E-state index in [1.807, 2.05) is 12.2 Å². The smallest absolute Gasteiger partial charge is 0.141 e. The fourth-order valence-electron chi connectivity index (χ4n) is 0.610. The van der Waals surface area contributed by atoms with Gasteiger partial charge in [0.05, 0.1) is 6.54 Å². The van der Waals surface area contributed by atoms with Crippen molar-refractivity contribution in [3.05, 3.63) is 24.4 Å². The Hall–Kier alpha value is -1.38. The van der Waals surface area contributed by atoms with Crippen LogP contribution in [-0.4, -0.2) is 24.1 Å². The maximum absolute atomic E-state index is 10.0. The number of rotatable bonds is 2. The lowest BCUT2D eigenvalue weighted by atomic mass is 10.5. The first-order chi connectivity index (χ1) is 4.93. The first kappa shape index (κ1) is 6.74. The minimum Gasteiger partial charge on any atom is -0.301 e. The Balaban J connectivity index is 2.54. The lowest BCUT2D eigenvalue weighted by Crippen LogP contribution is -2.11. The van der Waals surface area contributed by atoms with E-state index in [2.05, 4.69) is 5.10 Å². The second-order valence-corrected chi connectivity index (χ2v) is 1.78. The molecule has 0 fully saturated rings. The molecule has 0 radical (unpaired) electrons. The SMILES string of the molecule is O=CCN1C=CC=CC=N1. The van der Waals surface area contributed by atoms with E-state index in [-0.39, 0.29) is 0 Å². The van der Waals surface area contributed by atoms with Crippen LogP contribution in [0, 0.1) is 0 Å². The average Bonchev–Trinajstić information content (AvgIpc) is 2.17. The normalized spacial score (nSPS) is 15.4. The lowest BCUT2D eigenvalue weighted by Gasteiger charge is -2.06. The van der Waals surface area contributed by atoms with E-state index in [4.69, 9.17) is 0 Å². The molecule has 1 rings (SSSR count). The van der Waals surface area contributed by atoms with Gasteiger partial charge in [-0.1, -0.05) is 6.08 Å². The Morgan fingerprint density at radius 1 is 1.40 bits per heavy atom. The van der Waals surface area contributed by atoms with Crippen LogP contribution in [0.2, 0.25) is 0 Å². The monoisotopic (exact) mass is 136 g/mol. The van der Waals surface area contributed by atoms with E-state index in [1.165, 1.54) is 0 Å². The van der Waals surface area contributed by atoms with Gasteiger partial charge in [0, 0.05) is 12.4 Å². The van der Waals surface area contributed by atoms with Crippen LogP contribution in [0.15, 0.2) is 29.5 Å². The van der Waals surface area contributed by atoms with E-state index in [1.54, 1.807) is 23.5 Å². The minimum atomic E-state index is 0.314. The van der Waals surface area contributed by atoms with Crippen molar-refractivity contribution >= 4 is 12.5 Å². The lowest BCUT2D eigenvalue weighted by molar-refractivity contribution is -0.108. The predicted octanol–water partition coefficient (Wildman–Crippen LogP) is 0.557. The predicted molar refractivity (Wildman–Crippen MR) is 39.5 cm³/mol. The van der Waals surface area contributed by atoms with Crippen molar-refractivity contribution in [3.63, 3.8) is 0 Å². The van der Waals surface area contributed by atoms with E-state index in [0.29, 0.717) is 6.54 Å². The summed E-state index contributed by atoms with van der Waals surface area (Å²) in [5, 5.41) is 5.48. The molecule has 0 saturated carbocycles. The third kappa shape index (κ3) is 1.85. The number of carbonyl (C=O) groups is 1. The molecular formula is C7H8N2O. The van der Waals surface area contributed by atoms with Crippen molar-refractivity contribution in [1.82, 2.24) is 5.01 Å². The van der Waals surface area contributed by atoms with Gasteiger partial charge >= 0.3 is 0 Å². The van der Waals surface area contributed by atoms with Crippen LogP contribution in [-0.2, 0) is 4.79 Å². The molecular weight excluding hydrogens is 128 g/mol. The Kier molecular flexibility index (Phi) is 2.43. The summed E-state index contributed by atoms with van der Waals surface area (Å²) in [5.41, 5.74) is 0. The number of nitrogens with zero attached hydrogens (tertiary/aromatic N) is 2. The third-order valence-electron chi connectivity index (χ3n) is 1.04. The van der Waals surface area contributed by atoms with Gasteiger partial charge in [-0.05, 0) is 12.2 Å². The van der Waals surface area contributed by atoms with Crippen molar-refractivity contribution < 1.29 is 4.79 Å². The molecule has 1 aliphatic heterocycles. The molecule has 0 aromatic heterocycles. The first-order valence-electron chi connectivity index (χ1n) is 3.01. The maximum Gasteiger partial charge on any atom is 0.141 e. The molecule has 0 aromatic rings. The summed E-state index contributed by atoms with van der Waals surface area (Å²) in [6.45, 7) is 0.314. The highest BCUT2D eigenvalue weighted by Gasteiger charge is 1.91. The Morgan fingerprint density at radius 3 is 3.10 bits per heavy atom. The van der Waals surface area contributed by atoms with Crippen molar-refractivity contribution in [2.75, 3.05) is 6.54 Å². The number of aldehydes is 1. The van der Waals surface area contributed by atoms with Gasteiger partial charge in [-0.15, -0.1) is 0 Å². The summed E-state index contributed by atoms with van der Waals surface area (Å²) in [6.07, 6.45) is 9.69. The highest BCUT2D eigenvalue weighted by Crippen LogP contribution is 1.92. The minimum absolute atomic E-state index is 0.314. The number of carbonyl (C=O) groups excluding carboxylic acids is 1. The van der Waals surface area contributed by atoms with Gasteiger partial charge in [-0.2, -0.15) is 5.10 Å². The maximum atomic E-state index is 10.0. The Labute approximate surface area is 59.3 Å². The molecule has 3 heteroatoms. The molecule has 0 N–H and O–H groups in total. The molecule has 0 unspecified atom stereocenters. The fourth-order valence-corrected chi connectivity index (χ4v) is 0.610. The van der Waals surface area contributed by atoms with Crippen LogP contribution in [0.5, 0.6) is 0 Å². The number of allylic oxidation sites excluding steroid dienone is 3. The quantitative estimate of drug-likeness (QED) is 0.519. The van der Waals surface area contributed by atoms with Gasteiger partial charge in [0.2, 0.25) is 0 Å². The zero-order valence-corrected chi connectivity index (χ0v) is 5.47. The van der Waals surface area contributed by atoms with Crippen molar-refractivity contribution in [2.24, 2.45) is 5.10 Å². The van der Waals surface area contributed by atoms with Crippen molar-refractivity contribution in [2.45, 2.75) is 0 Å². The van der Waals surface area contributed by atoms with Gasteiger partial charge in [-0.25, -0.2) is 0 Å². The van der Waals surface area contributed by atoms with E-state index in [0.717, 1.165) is 6.29 Å². The van der Waals surface area contributed by atoms with E-state index >= 15 is 0 Å². The van der Waals surface area contributed by atoms with Gasteiger partial charge in [-0.3, -0.25) is 5.01 Å². The molecule has 0 bridgehead atoms. The van der Waals surface area contributed by atoms with Crippen LogP contribution in [0.3, 0.4) is 0 Å². The van der Waals surface area contributed by atoms with Crippen molar-refractivity contribution in [3.8, 4) is 0 Å². The van der Waals surface area contributed by atoms with Crippen LogP contribution < -0.4 is 0 Å². The zero-order chi connectivity index (χ0) is 7.23. The molecule has 1 aliphatic rings. The summed E-state index contributed by atoms with van der Waals surface area (Å²) in [5.74, 6) is 0. The van der Waals surface area contributed by atoms with Crippen LogP contribution in [0.25, 0.3) is 0 Å². The second kappa shape index (κ2) is 3.61. The standard InChI is InChI=1S/C7H8N2O/c10-7-6-9-5-3-1-2-4-8-9/h1-5,7H,6H2. The Bertz CT molecular complexity index is 178. The van der Waals surface area contributed by atoms with Crippen LogP contribution >= 0.6 is 0 Å². The summed E-state index contributed by atoms with van der Waals surface area (Å²) in [7, 11) is 0. The summed E-state index contributed by atoms with van der Waals surface area (Å²) in [4.78, 5) is 10.0. The zero-order valence-electron chi connectivity index (χ0n) is 5.47. The fraction of sp³-hybridized carbons (Fsp3) is 0.143. The van der Waals surface area contributed by atoms with Gasteiger partial charge < -0.3 is 4.79 Å². The summed E-state index contributed by atoms with van der Waals surface area (Å²) in [6, 6.07) is 0. The number of hydrogen-bond donors (Lipinski definition) is 0. The van der Waals surface area contributed by atoms with Crippen LogP contribution in [0.1, 0.15) is 0 Å². The molecule has 0 saturated heterocycles. The summed E-state index contributed by atoms with van der Waals surface area (Å²) < 4.78 is 0.